The molecule has 3 aromatic rings. The molecule has 1 aromatic carbocycles. The summed E-state index contributed by atoms with van der Waals surface area (Å²) in [6.07, 6.45) is 0. The minimum atomic E-state index is -0.256. The summed E-state index contributed by atoms with van der Waals surface area (Å²) in [5.41, 5.74) is 1.58. The van der Waals surface area contributed by atoms with Gasteiger partial charge in [-0.3, -0.25) is 15.1 Å². The quantitative estimate of drug-likeness (QED) is 0.684. The van der Waals surface area contributed by atoms with Crippen LogP contribution in [0, 0.1) is 6.92 Å². The maximum absolute atomic E-state index is 12.7. The first kappa shape index (κ1) is 16.6. The molecular formula is C16H14N4O2S3. The average molecular weight is 391 g/mol. The van der Waals surface area contributed by atoms with Gasteiger partial charge in [-0.2, -0.15) is 0 Å². The molecule has 0 saturated heterocycles. The zero-order valence-electron chi connectivity index (χ0n) is 13.3. The molecule has 0 bridgehead atoms. The number of amidine groups is 1. The number of furan rings is 1. The fourth-order valence-corrected chi connectivity index (χ4v) is 5.03. The van der Waals surface area contributed by atoms with E-state index in [1.165, 1.54) is 0 Å². The predicted molar refractivity (Wildman–Crippen MR) is 103 cm³/mol. The van der Waals surface area contributed by atoms with Crippen molar-refractivity contribution in [3.8, 4) is 0 Å². The number of rotatable bonds is 4. The van der Waals surface area contributed by atoms with Gasteiger partial charge in [0.05, 0.1) is 6.54 Å². The number of aliphatic imine (C=N–C) groups is 1. The van der Waals surface area contributed by atoms with Gasteiger partial charge in [-0.25, -0.2) is 0 Å². The van der Waals surface area contributed by atoms with Crippen molar-refractivity contribution in [3.05, 3.63) is 40.6 Å². The van der Waals surface area contributed by atoms with Crippen LogP contribution in [0.5, 0.6) is 0 Å². The number of carbonyl (C=O) groups excluding carboxylic acids is 1. The molecule has 0 aliphatic carbocycles. The fraction of sp³-hybridized carbons (Fsp3) is 0.250. The number of para-hydroxylation sites is 1. The standard InChI is InChI=1S/C16H14N4O2S3/c1-9-19-20-16(25-9)24-8-11-10-4-2-3-5-12(10)22-13(11)14(21)18-15-17-6-7-23-15/h2-5H,6-8H2,1H3,(H,17,18,21). The summed E-state index contributed by atoms with van der Waals surface area (Å²) in [6, 6.07) is 7.69. The smallest absolute Gasteiger partial charge is 0.293 e. The second kappa shape index (κ2) is 7.19. The first-order valence-electron chi connectivity index (χ1n) is 7.62. The van der Waals surface area contributed by atoms with E-state index in [9.17, 15) is 4.79 Å². The summed E-state index contributed by atoms with van der Waals surface area (Å²) >= 11 is 4.65. The minimum Gasteiger partial charge on any atom is -0.451 e. The van der Waals surface area contributed by atoms with Crippen molar-refractivity contribution in [2.45, 2.75) is 17.0 Å². The highest BCUT2D eigenvalue weighted by Gasteiger charge is 2.23. The lowest BCUT2D eigenvalue weighted by Gasteiger charge is -2.04. The Morgan fingerprint density at radius 3 is 3.00 bits per heavy atom. The van der Waals surface area contributed by atoms with Crippen molar-refractivity contribution in [1.82, 2.24) is 15.5 Å². The number of aryl methyl sites for hydroxylation is 1. The molecule has 1 amide bonds. The third kappa shape index (κ3) is 3.58. The number of hydrogen-bond acceptors (Lipinski definition) is 8. The second-order valence-corrected chi connectivity index (χ2v) is 8.76. The molecule has 3 heterocycles. The average Bonchev–Trinajstić information content (AvgIpc) is 3.33. The third-order valence-electron chi connectivity index (χ3n) is 3.56. The molecule has 0 atom stereocenters. The fourth-order valence-electron chi connectivity index (χ4n) is 2.46. The van der Waals surface area contributed by atoms with E-state index in [0.29, 0.717) is 22.3 Å². The van der Waals surface area contributed by atoms with Crippen LogP contribution >= 0.6 is 34.9 Å². The van der Waals surface area contributed by atoms with Crippen molar-refractivity contribution >= 4 is 56.9 Å². The van der Waals surface area contributed by atoms with Crippen LogP contribution < -0.4 is 5.32 Å². The van der Waals surface area contributed by atoms with E-state index in [1.807, 2.05) is 31.2 Å². The monoisotopic (exact) mass is 390 g/mol. The zero-order chi connectivity index (χ0) is 17.2. The van der Waals surface area contributed by atoms with Crippen LogP contribution in [0.3, 0.4) is 0 Å². The number of aromatic nitrogens is 2. The van der Waals surface area contributed by atoms with E-state index in [-0.39, 0.29) is 5.91 Å². The number of carbonyl (C=O) groups is 1. The van der Waals surface area contributed by atoms with E-state index in [1.54, 1.807) is 34.9 Å². The molecule has 9 heteroatoms. The molecule has 4 rings (SSSR count). The van der Waals surface area contributed by atoms with Crippen LogP contribution in [0.15, 0.2) is 38.0 Å². The molecule has 1 aliphatic rings. The van der Waals surface area contributed by atoms with E-state index >= 15 is 0 Å². The Morgan fingerprint density at radius 2 is 2.24 bits per heavy atom. The Kier molecular flexibility index (Phi) is 4.78. The molecule has 0 spiro atoms. The van der Waals surface area contributed by atoms with Crippen molar-refractivity contribution in [3.63, 3.8) is 0 Å². The maximum atomic E-state index is 12.7. The van der Waals surface area contributed by atoms with Gasteiger partial charge in [-0.15, -0.1) is 10.2 Å². The minimum absolute atomic E-state index is 0.256. The molecule has 6 nitrogen and oxygen atoms in total. The van der Waals surface area contributed by atoms with E-state index in [4.69, 9.17) is 4.42 Å². The van der Waals surface area contributed by atoms with Crippen molar-refractivity contribution < 1.29 is 9.21 Å². The van der Waals surface area contributed by atoms with Gasteiger partial charge in [0.2, 0.25) is 0 Å². The highest BCUT2D eigenvalue weighted by molar-refractivity contribution is 8.14. The van der Waals surface area contributed by atoms with Crippen LogP contribution in [-0.2, 0) is 5.75 Å². The molecule has 0 unspecified atom stereocenters. The molecule has 1 aliphatic heterocycles. The number of nitrogens with zero attached hydrogens (tertiary/aromatic N) is 3. The van der Waals surface area contributed by atoms with Crippen LogP contribution in [0.2, 0.25) is 0 Å². The lowest BCUT2D eigenvalue weighted by molar-refractivity contribution is 0.0952. The van der Waals surface area contributed by atoms with Crippen molar-refractivity contribution in [2.24, 2.45) is 4.99 Å². The first-order valence-corrected chi connectivity index (χ1v) is 10.4. The summed E-state index contributed by atoms with van der Waals surface area (Å²) in [6.45, 7) is 2.66. The molecule has 0 fully saturated rings. The van der Waals surface area contributed by atoms with Crippen LogP contribution in [0.25, 0.3) is 11.0 Å². The molecule has 1 N–H and O–H groups in total. The Bertz CT molecular complexity index is 963. The van der Waals surface area contributed by atoms with E-state index < -0.39 is 0 Å². The molecule has 128 valence electrons. The number of thioether (sulfide) groups is 2. The zero-order valence-corrected chi connectivity index (χ0v) is 15.8. The Hall–Kier alpha value is -1.84. The number of benzene rings is 1. The van der Waals surface area contributed by atoms with Gasteiger partial charge in [0.1, 0.15) is 10.6 Å². The van der Waals surface area contributed by atoms with Crippen LogP contribution in [0.1, 0.15) is 21.1 Å². The Morgan fingerprint density at radius 1 is 1.36 bits per heavy atom. The highest BCUT2D eigenvalue weighted by atomic mass is 32.2. The summed E-state index contributed by atoms with van der Waals surface area (Å²) in [5, 5.41) is 13.5. The third-order valence-corrected chi connectivity index (χ3v) is 6.45. The Labute approximate surface area is 156 Å². The van der Waals surface area contributed by atoms with Crippen molar-refractivity contribution in [1.29, 1.82) is 0 Å². The largest absolute Gasteiger partial charge is 0.451 e. The summed E-state index contributed by atoms with van der Waals surface area (Å²) < 4.78 is 6.72. The van der Waals surface area contributed by atoms with Gasteiger partial charge in [0.25, 0.3) is 5.91 Å². The number of nitrogens with one attached hydrogen (secondary N) is 1. The topological polar surface area (TPSA) is 80.4 Å². The molecular weight excluding hydrogens is 376 g/mol. The Balaban J connectivity index is 1.64. The van der Waals surface area contributed by atoms with Crippen LogP contribution in [-0.4, -0.2) is 33.6 Å². The van der Waals surface area contributed by atoms with Crippen LogP contribution in [0.4, 0.5) is 0 Å². The number of hydrogen-bond donors (Lipinski definition) is 1. The SMILES string of the molecule is Cc1nnc(SCc2c(C(=O)NC3=NCCS3)oc3ccccc23)s1. The van der Waals surface area contributed by atoms with Gasteiger partial charge < -0.3 is 4.42 Å². The predicted octanol–water partition coefficient (Wildman–Crippen LogP) is 3.72. The molecule has 0 radical (unpaired) electrons. The van der Waals surface area contributed by atoms with E-state index in [2.05, 4.69) is 20.5 Å². The van der Waals surface area contributed by atoms with Gasteiger partial charge in [0, 0.05) is 22.5 Å². The lowest BCUT2D eigenvalue weighted by Crippen LogP contribution is -2.27. The molecule has 0 saturated carbocycles. The molecule has 2 aromatic heterocycles. The molecule has 25 heavy (non-hydrogen) atoms. The number of amides is 1. The summed E-state index contributed by atoms with van der Waals surface area (Å²) in [5.74, 6) is 1.57. The highest BCUT2D eigenvalue weighted by Crippen LogP contribution is 2.33. The van der Waals surface area contributed by atoms with E-state index in [0.717, 1.165) is 32.6 Å². The first-order chi connectivity index (χ1) is 12.2. The normalized spacial score (nSPS) is 14.0. The maximum Gasteiger partial charge on any atom is 0.293 e. The van der Waals surface area contributed by atoms with Gasteiger partial charge in [-0.05, 0) is 13.0 Å². The van der Waals surface area contributed by atoms with Gasteiger partial charge >= 0.3 is 0 Å². The second-order valence-electron chi connectivity index (χ2n) is 5.27. The van der Waals surface area contributed by atoms with Gasteiger partial charge in [-0.1, -0.05) is 53.1 Å². The van der Waals surface area contributed by atoms with Crippen molar-refractivity contribution in [2.75, 3.05) is 12.3 Å². The van der Waals surface area contributed by atoms with Gasteiger partial charge in [0.15, 0.2) is 15.3 Å². The summed E-state index contributed by atoms with van der Waals surface area (Å²) in [7, 11) is 0. The lowest BCUT2D eigenvalue weighted by atomic mass is 10.1. The summed E-state index contributed by atoms with van der Waals surface area (Å²) in [4.78, 5) is 16.9. The number of fused-ring (bicyclic) bond motifs is 1.